The minimum absolute atomic E-state index is 0.0440. The molecule has 1 N–H and O–H groups in total. The second-order valence-electron chi connectivity index (χ2n) is 5.67. The molecular weight excluding hydrogens is 268 g/mol. The molecule has 1 aromatic carbocycles. The Kier molecular flexibility index (Phi) is 6.21. The van der Waals surface area contributed by atoms with Crippen LogP contribution < -0.4 is 5.32 Å². The molecule has 0 fully saturated rings. The van der Waals surface area contributed by atoms with Gasteiger partial charge in [0.25, 0.3) is 0 Å². The first-order valence-corrected chi connectivity index (χ1v) is 7.07. The van der Waals surface area contributed by atoms with E-state index in [9.17, 15) is 9.59 Å². The van der Waals surface area contributed by atoms with Gasteiger partial charge in [0.05, 0.1) is 5.54 Å². The van der Waals surface area contributed by atoms with Gasteiger partial charge in [0.2, 0.25) is 5.91 Å². The number of likely N-dealkylation sites (N-methyl/N-ethyl adjacent to an activating group) is 1. The van der Waals surface area contributed by atoms with Crippen molar-refractivity contribution >= 4 is 12.0 Å². The summed E-state index contributed by atoms with van der Waals surface area (Å²) >= 11 is 0. The maximum atomic E-state index is 11.8. The van der Waals surface area contributed by atoms with Crippen molar-refractivity contribution in [3.8, 4) is 0 Å². The molecule has 0 bridgehead atoms. The lowest BCUT2D eigenvalue weighted by Crippen LogP contribution is -2.51. The van der Waals surface area contributed by atoms with Crippen molar-refractivity contribution in [2.24, 2.45) is 0 Å². The summed E-state index contributed by atoms with van der Waals surface area (Å²) in [6.07, 6.45) is -0.0356. The minimum Gasteiger partial charge on any atom is -0.445 e. The van der Waals surface area contributed by atoms with Gasteiger partial charge in [-0.25, -0.2) is 4.79 Å². The third-order valence-electron chi connectivity index (χ3n) is 3.01. The summed E-state index contributed by atoms with van der Waals surface area (Å²) in [5, 5.41) is 2.78. The topological polar surface area (TPSA) is 58.6 Å². The summed E-state index contributed by atoms with van der Waals surface area (Å²) in [4.78, 5) is 25.0. The highest BCUT2D eigenvalue weighted by Gasteiger charge is 2.24. The number of nitrogens with zero attached hydrogens (tertiary/aromatic N) is 1. The Morgan fingerprint density at radius 1 is 1.24 bits per heavy atom. The van der Waals surface area contributed by atoms with Crippen LogP contribution in [0.25, 0.3) is 0 Å². The third kappa shape index (κ3) is 6.29. The molecule has 0 aliphatic rings. The van der Waals surface area contributed by atoms with Crippen LogP contribution in [-0.4, -0.2) is 36.0 Å². The first kappa shape index (κ1) is 17.0. The number of hydrogen-bond acceptors (Lipinski definition) is 3. The van der Waals surface area contributed by atoms with Crippen LogP contribution >= 0.6 is 0 Å². The van der Waals surface area contributed by atoms with Gasteiger partial charge in [0, 0.05) is 20.0 Å². The largest absolute Gasteiger partial charge is 0.445 e. The van der Waals surface area contributed by atoms with Gasteiger partial charge in [-0.15, -0.1) is 0 Å². The van der Waals surface area contributed by atoms with Crippen LogP contribution in [0.2, 0.25) is 0 Å². The van der Waals surface area contributed by atoms with E-state index >= 15 is 0 Å². The molecule has 5 heteroatoms. The van der Waals surface area contributed by atoms with Crippen LogP contribution in [0.3, 0.4) is 0 Å². The number of carbonyl (C=O) groups is 2. The molecule has 0 heterocycles. The van der Waals surface area contributed by atoms with E-state index in [1.807, 2.05) is 51.1 Å². The minimum atomic E-state index is -0.548. The molecule has 0 aliphatic carbocycles. The van der Waals surface area contributed by atoms with E-state index in [-0.39, 0.29) is 12.5 Å². The Morgan fingerprint density at radius 3 is 2.43 bits per heavy atom. The second kappa shape index (κ2) is 7.67. The molecule has 0 aliphatic heterocycles. The number of rotatable bonds is 6. The summed E-state index contributed by atoms with van der Waals surface area (Å²) < 4.78 is 5.18. The number of nitrogens with one attached hydrogen (secondary N) is 1. The van der Waals surface area contributed by atoms with Gasteiger partial charge >= 0.3 is 6.09 Å². The molecule has 0 saturated carbocycles. The van der Waals surface area contributed by atoms with E-state index in [0.29, 0.717) is 13.0 Å². The molecule has 21 heavy (non-hydrogen) atoms. The van der Waals surface area contributed by atoms with E-state index in [4.69, 9.17) is 4.74 Å². The fourth-order valence-electron chi connectivity index (χ4n) is 2.03. The summed E-state index contributed by atoms with van der Waals surface area (Å²) in [6, 6.07) is 9.49. The molecule has 5 nitrogen and oxygen atoms in total. The molecule has 2 amide bonds. The molecule has 1 rings (SSSR count). The quantitative estimate of drug-likeness (QED) is 0.876. The summed E-state index contributed by atoms with van der Waals surface area (Å²) in [6.45, 7) is 6.19. The smallest absolute Gasteiger partial charge is 0.407 e. The van der Waals surface area contributed by atoms with Gasteiger partial charge in [0.1, 0.15) is 6.61 Å². The van der Waals surface area contributed by atoms with Crippen LogP contribution in [0.15, 0.2) is 30.3 Å². The maximum Gasteiger partial charge on any atom is 0.407 e. The monoisotopic (exact) mass is 292 g/mol. The highest BCUT2D eigenvalue weighted by Crippen LogP contribution is 2.07. The van der Waals surface area contributed by atoms with Crippen molar-refractivity contribution in [1.29, 1.82) is 0 Å². The molecule has 0 unspecified atom stereocenters. The highest BCUT2D eigenvalue weighted by molar-refractivity contribution is 5.75. The number of ether oxygens (including phenoxy) is 1. The Labute approximate surface area is 126 Å². The van der Waals surface area contributed by atoms with E-state index < -0.39 is 11.6 Å². The van der Waals surface area contributed by atoms with Gasteiger partial charge in [-0.3, -0.25) is 4.79 Å². The summed E-state index contributed by atoms with van der Waals surface area (Å²) in [7, 11) is 1.73. The van der Waals surface area contributed by atoms with Gasteiger partial charge in [-0.2, -0.15) is 0 Å². The van der Waals surface area contributed by atoms with Crippen molar-refractivity contribution in [3.63, 3.8) is 0 Å². The molecule has 0 spiro atoms. The fraction of sp³-hybridized carbons (Fsp3) is 0.500. The number of benzene rings is 1. The molecule has 0 radical (unpaired) electrons. The number of amides is 2. The lowest BCUT2D eigenvalue weighted by Gasteiger charge is -2.30. The molecule has 0 atom stereocenters. The lowest BCUT2D eigenvalue weighted by atomic mass is 10.1. The van der Waals surface area contributed by atoms with Crippen molar-refractivity contribution in [1.82, 2.24) is 10.2 Å². The standard InChI is InChI=1S/C16H24N2O3/c1-5-14(19)18(4)12-16(2,3)17-15(20)21-11-13-9-7-6-8-10-13/h6-10H,5,11-12H2,1-4H3,(H,17,20). The summed E-state index contributed by atoms with van der Waals surface area (Å²) in [5.74, 6) is 0.0440. The Balaban J connectivity index is 2.43. The first-order valence-electron chi connectivity index (χ1n) is 7.07. The van der Waals surface area contributed by atoms with Crippen molar-refractivity contribution in [3.05, 3.63) is 35.9 Å². The van der Waals surface area contributed by atoms with Crippen molar-refractivity contribution in [2.45, 2.75) is 39.3 Å². The third-order valence-corrected chi connectivity index (χ3v) is 3.01. The second-order valence-corrected chi connectivity index (χ2v) is 5.67. The molecule has 0 aromatic heterocycles. The van der Waals surface area contributed by atoms with E-state index in [2.05, 4.69) is 5.32 Å². The average Bonchev–Trinajstić information content (AvgIpc) is 2.44. The van der Waals surface area contributed by atoms with Crippen LogP contribution in [0, 0.1) is 0 Å². The van der Waals surface area contributed by atoms with Gasteiger partial charge < -0.3 is 15.0 Å². The van der Waals surface area contributed by atoms with Crippen molar-refractivity contribution in [2.75, 3.05) is 13.6 Å². The zero-order valence-electron chi connectivity index (χ0n) is 13.2. The number of carbonyl (C=O) groups excluding carboxylic acids is 2. The number of alkyl carbamates (subject to hydrolysis) is 1. The zero-order chi connectivity index (χ0) is 15.9. The lowest BCUT2D eigenvalue weighted by molar-refractivity contribution is -0.130. The first-order chi connectivity index (χ1) is 9.84. The molecule has 0 saturated heterocycles. The van der Waals surface area contributed by atoms with Crippen LogP contribution in [0.4, 0.5) is 4.79 Å². The zero-order valence-corrected chi connectivity index (χ0v) is 13.2. The van der Waals surface area contributed by atoms with Crippen LogP contribution in [-0.2, 0) is 16.1 Å². The number of hydrogen-bond donors (Lipinski definition) is 1. The van der Waals surface area contributed by atoms with Crippen LogP contribution in [0.5, 0.6) is 0 Å². The molecule has 1 aromatic rings. The van der Waals surface area contributed by atoms with Crippen molar-refractivity contribution < 1.29 is 14.3 Å². The maximum absolute atomic E-state index is 11.8. The fourth-order valence-corrected chi connectivity index (χ4v) is 2.03. The SMILES string of the molecule is CCC(=O)N(C)CC(C)(C)NC(=O)OCc1ccccc1. The highest BCUT2D eigenvalue weighted by atomic mass is 16.5. The van der Waals surface area contributed by atoms with Crippen LogP contribution in [0.1, 0.15) is 32.8 Å². The molecule has 116 valence electrons. The van der Waals surface area contributed by atoms with E-state index in [0.717, 1.165) is 5.56 Å². The average molecular weight is 292 g/mol. The van der Waals surface area contributed by atoms with Gasteiger partial charge in [-0.05, 0) is 19.4 Å². The van der Waals surface area contributed by atoms with E-state index in [1.54, 1.807) is 11.9 Å². The predicted octanol–water partition coefficient (Wildman–Crippen LogP) is 2.56. The summed E-state index contributed by atoms with van der Waals surface area (Å²) in [5.41, 5.74) is 0.386. The molecular formula is C16H24N2O3. The normalized spacial score (nSPS) is 10.9. The van der Waals surface area contributed by atoms with E-state index in [1.165, 1.54) is 0 Å². The predicted molar refractivity (Wildman–Crippen MR) is 81.8 cm³/mol. The Bertz CT molecular complexity index is 472. The Morgan fingerprint density at radius 2 is 1.86 bits per heavy atom. The van der Waals surface area contributed by atoms with Gasteiger partial charge in [0.15, 0.2) is 0 Å². The van der Waals surface area contributed by atoms with Gasteiger partial charge in [-0.1, -0.05) is 37.3 Å². The Hall–Kier alpha value is -2.04.